The molecule has 210 valence electrons. The molecule has 0 saturated heterocycles. The van der Waals surface area contributed by atoms with Crippen molar-refractivity contribution in [2.24, 2.45) is 0 Å². The van der Waals surface area contributed by atoms with Gasteiger partial charge >= 0.3 is 5.95 Å². The number of aromatic nitrogens is 3. The molecule has 6 heteroatoms. The van der Waals surface area contributed by atoms with Gasteiger partial charge in [-0.05, 0) is 76.2 Å². The topological polar surface area (TPSA) is 58.1 Å². The summed E-state index contributed by atoms with van der Waals surface area (Å²) in [5.41, 5.74) is 10.5. The van der Waals surface area contributed by atoms with Crippen molar-refractivity contribution in [3.05, 3.63) is 145 Å². The molecule has 4 heterocycles. The number of benzene rings is 5. The molecule has 1 unspecified atom stereocenters. The minimum atomic E-state index is -0.0590. The van der Waals surface area contributed by atoms with Gasteiger partial charge in [-0.2, -0.15) is 9.56 Å². The zero-order chi connectivity index (χ0) is 29.5. The Bertz CT molecular complexity index is 2380. The van der Waals surface area contributed by atoms with Crippen molar-refractivity contribution >= 4 is 56.2 Å². The molecule has 0 radical (unpaired) electrons. The van der Waals surface area contributed by atoms with E-state index in [0.29, 0.717) is 17.6 Å². The average Bonchev–Trinajstić information content (AvgIpc) is 3.66. The third kappa shape index (κ3) is 3.45. The first-order valence-electron chi connectivity index (χ1n) is 15.1. The van der Waals surface area contributed by atoms with Crippen LogP contribution in [0.15, 0.2) is 144 Å². The van der Waals surface area contributed by atoms with Crippen molar-refractivity contribution < 1.29 is 4.42 Å². The largest absolute Gasteiger partial charge is 0.456 e. The summed E-state index contributed by atoms with van der Waals surface area (Å²) in [7, 11) is 0. The van der Waals surface area contributed by atoms with Crippen LogP contribution in [-0.2, 0) is 0 Å². The first-order chi connectivity index (χ1) is 22.3. The molecule has 2 aliphatic heterocycles. The van der Waals surface area contributed by atoms with Gasteiger partial charge in [-0.25, -0.2) is 0 Å². The fourth-order valence-corrected chi connectivity index (χ4v) is 7.10. The Morgan fingerprint density at radius 1 is 0.622 bits per heavy atom. The van der Waals surface area contributed by atoms with Crippen LogP contribution in [0.25, 0.3) is 50.3 Å². The van der Waals surface area contributed by atoms with E-state index < -0.39 is 0 Å². The van der Waals surface area contributed by atoms with Crippen LogP contribution in [0.2, 0.25) is 0 Å². The Kier molecular flexibility index (Phi) is 4.96. The molecule has 0 bridgehead atoms. The number of rotatable bonds is 3. The van der Waals surface area contributed by atoms with E-state index in [1.807, 2.05) is 72.8 Å². The van der Waals surface area contributed by atoms with E-state index in [-0.39, 0.29) is 6.04 Å². The summed E-state index contributed by atoms with van der Waals surface area (Å²) in [4.78, 5) is 17.7. The maximum Gasteiger partial charge on any atom is 0.442 e. The van der Waals surface area contributed by atoms with Crippen molar-refractivity contribution in [3.63, 3.8) is 0 Å². The van der Waals surface area contributed by atoms with Crippen LogP contribution in [0.5, 0.6) is 0 Å². The Morgan fingerprint density at radius 3 is 2.09 bits per heavy atom. The van der Waals surface area contributed by atoms with Gasteiger partial charge in [-0.3, -0.25) is 0 Å². The van der Waals surface area contributed by atoms with Gasteiger partial charge in [-0.15, -0.1) is 0 Å². The molecule has 6 nitrogen and oxygen atoms in total. The SMILES string of the molecule is C1=CC2=[N+](c3nc(-c4ccccc4)nc(-c4ccccc4)n3)c3ccccc3N3c4ccc5oc6ccccc6c5c4C(=C1)C23. The predicted octanol–water partition coefficient (Wildman–Crippen LogP) is 8.87. The van der Waals surface area contributed by atoms with Crippen LogP contribution >= 0.6 is 0 Å². The minimum Gasteiger partial charge on any atom is -0.456 e. The molecular formula is C39H24N5O+. The van der Waals surface area contributed by atoms with Crippen molar-refractivity contribution in [1.29, 1.82) is 0 Å². The quantitative estimate of drug-likeness (QED) is 0.196. The molecule has 5 aromatic carbocycles. The molecule has 45 heavy (non-hydrogen) atoms. The Labute approximate surface area is 258 Å². The Morgan fingerprint density at radius 2 is 1.31 bits per heavy atom. The van der Waals surface area contributed by atoms with Gasteiger partial charge in [0.15, 0.2) is 0 Å². The molecule has 10 rings (SSSR count). The van der Waals surface area contributed by atoms with E-state index in [4.69, 9.17) is 19.4 Å². The number of allylic oxidation sites excluding steroid dienone is 2. The number of furan rings is 1. The highest BCUT2D eigenvalue weighted by Gasteiger charge is 2.47. The summed E-state index contributed by atoms with van der Waals surface area (Å²) >= 11 is 0. The number of para-hydroxylation sites is 3. The Hall–Kier alpha value is -6.14. The van der Waals surface area contributed by atoms with Gasteiger partial charge in [0.1, 0.15) is 28.6 Å². The Balaban J connectivity index is 1.27. The zero-order valence-electron chi connectivity index (χ0n) is 24.0. The third-order valence-corrected chi connectivity index (χ3v) is 8.97. The van der Waals surface area contributed by atoms with Crippen LogP contribution in [-0.4, -0.2) is 26.7 Å². The van der Waals surface area contributed by atoms with Crippen molar-refractivity contribution in [3.8, 4) is 22.8 Å². The molecule has 0 N–H and O–H groups in total. The predicted molar refractivity (Wildman–Crippen MR) is 180 cm³/mol. The van der Waals surface area contributed by atoms with Crippen molar-refractivity contribution in [2.75, 3.05) is 4.90 Å². The fraction of sp³-hybridized carbons (Fsp3) is 0.0256. The highest BCUT2D eigenvalue weighted by Crippen LogP contribution is 2.54. The summed E-state index contributed by atoms with van der Waals surface area (Å²) < 4.78 is 8.55. The summed E-state index contributed by atoms with van der Waals surface area (Å²) in [5.74, 6) is 1.86. The van der Waals surface area contributed by atoms with Crippen LogP contribution in [0.3, 0.4) is 0 Å². The van der Waals surface area contributed by atoms with Gasteiger partial charge < -0.3 is 9.32 Å². The third-order valence-electron chi connectivity index (χ3n) is 8.97. The second-order valence-electron chi connectivity index (χ2n) is 11.4. The van der Waals surface area contributed by atoms with Crippen molar-refractivity contribution in [1.82, 2.24) is 19.5 Å². The average molecular weight is 579 g/mol. The smallest absolute Gasteiger partial charge is 0.442 e. The second kappa shape index (κ2) is 9.18. The van der Waals surface area contributed by atoms with Gasteiger partial charge in [-0.1, -0.05) is 78.9 Å². The molecule has 0 fully saturated rings. The first kappa shape index (κ1) is 24.3. The minimum absolute atomic E-state index is 0.0590. The van der Waals surface area contributed by atoms with Gasteiger partial charge in [0.2, 0.25) is 11.6 Å². The second-order valence-corrected chi connectivity index (χ2v) is 11.4. The van der Waals surface area contributed by atoms with E-state index in [0.717, 1.165) is 50.2 Å². The lowest BCUT2D eigenvalue weighted by Gasteiger charge is -2.35. The highest BCUT2D eigenvalue weighted by atomic mass is 16.3. The number of hydrogen-bond donors (Lipinski definition) is 0. The van der Waals surface area contributed by atoms with E-state index in [9.17, 15) is 0 Å². The van der Waals surface area contributed by atoms with Crippen LogP contribution in [0.1, 0.15) is 5.56 Å². The van der Waals surface area contributed by atoms with E-state index in [2.05, 4.69) is 76.2 Å². The van der Waals surface area contributed by atoms with E-state index in [1.165, 1.54) is 16.8 Å². The van der Waals surface area contributed by atoms with E-state index in [1.54, 1.807) is 0 Å². The van der Waals surface area contributed by atoms with Gasteiger partial charge in [0.05, 0.1) is 11.4 Å². The normalized spacial score (nSPS) is 16.1. The molecule has 0 spiro atoms. The van der Waals surface area contributed by atoms with Crippen LogP contribution < -0.4 is 9.48 Å². The molecule has 3 aliphatic rings. The molecule has 0 saturated carbocycles. The number of anilines is 2. The summed E-state index contributed by atoms with van der Waals surface area (Å²) in [6, 6.07) is 41.3. The number of fused-ring (bicyclic) bond motifs is 9. The van der Waals surface area contributed by atoms with Gasteiger partial charge in [0, 0.05) is 27.5 Å². The summed E-state index contributed by atoms with van der Waals surface area (Å²) in [6.45, 7) is 0. The first-order valence-corrected chi connectivity index (χ1v) is 15.1. The number of nitrogens with zero attached hydrogens (tertiary/aromatic N) is 5. The lowest BCUT2D eigenvalue weighted by Crippen LogP contribution is -2.43. The molecule has 2 aromatic heterocycles. The standard InChI is InChI=1S/C39H24N5O/c1-3-12-24(13-4-1)37-40-38(25-14-5-2-6-15-25)42-39(41-37)44-29-19-9-8-18-28(29)43-30-22-23-33-35(26-16-7-10-21-32(26)45-33)34(30)27-17-11-20-31(44)36(27)43/h1-23,36H/q+1. The van der Waals surface area contributed by atoms with Crippen LogP contribution in [0, 0.1) is 0 Å². The molecule has 1 atom stereocenters. The molecular weight excluding hydrogens is 554 g/mol. The maximum atomic E-state index is 6.33. The summed E-state index contributed by atoms with van der Waals surface area (Å²) in [5, 5.41) is 2.28. The van der Waals surface area contributed by atoms with E-state index >= 15 is 0 Å². The fourth-order valence-electron chi connectivity index (χ4n) is 7.10. The zero-order valence-corrected chi connectivity index (χ0v) is 24.0. The van der Waals surface area contributed by atoms with Crippen LogP contribution in [0.4, 0.5) is 23.0 Å². The molecule has 1 aliphatic carbocycles. The molecule has 0 amide bonds. The lowest BCUT2D eigenvalue weighted by atomic mass is 9.90. The highest BCUT2D eigenvalue weighted by molar-refractivity contribution is 6.25. The number of hydrogen-bond acceptors (Lipinski definition) is 5. The maximum absolute atomic E-state index is 6.33. The summed E-state index contributed by atoms with van der Waals surface area (Å²) in [6.07, 6.45) is 6.59. The molecule has 7 aromatic rings. The van der Waals surface area contributed by atoms with Gasteiger partial charge in [0.25, 0.3) is 0 Å². The van der Waals surface area contributed by atoms with Crippen molar-refractivity contribution in [2.45, 2.75) is 6.04 Å². The lowest BCUT2D eigenvalue weighted by molar-refractivity contribution is 0.669. The monoisotopic (exact) mass is 578 g/mol.